The summed E-state index contributed by atoms with van der Waals surface area (Å²) in [5.74, 6) is 0.359. The monoisotopic (exact) mass is 286 g/mol. The third kappa shape index (κ3) is 2.61. The second-order valence-corrected chi connectivity index (χ2v) is 5.26. The number of aromatic nitrogens is 2. The summed E-state index contributed by atoms with van der Waals surface area (Å²) in [6.45, 7) is 1.29. The molecule has 1 aromatic carbocycles. The highest BCUT2D eigenvalue weighted by atomic mass is 16.4. The lowest BCUT2D eigenvalue weighted by molar-refractivity contribution is -0.141. The fourth-order valence-corrected chi connectivity index (χ4v) is 2.75. The first-order valence-electron chi connectivity index (χ1n) is 7.11. The van der Waals surface area contributed by atoms with Gasteiger partial charge in [-0.1, -0.05) is 12.1 Å². The van der Waals surface area contributed by atoms with Gasteiger partial charge < -0.3 is 15.3 Å². The van der Waals surface area contributed by atoms with Gasteiger partial charge >= 0.3 is 5.97 Å². The molecule has 1 aliphatic heterocycles. The SMILES string of the molecule is CNc1nc2ccccc2nc1N1CCC[C@H](C(=O)O)C1. The number of nitrogens with zero attached hydrogens (tertiary/aromatic N) is 3. The van der Waals surface area contributed by atoms with Crippen LogP contribution in [0, 0.1) is 5.92 Å². The number of rotatable bonds is 3. The minimum Gasteiger partial charge on any atom is -0.481 e. The van der Waals surface area contributed by atoms with Crippen molar-refractivity contribution in [1.29, 1.82) is 0 Å². The largest absolute Gasteiger partial charge is 0.481 e. The molecule has 1 saturated heterocycles. The molecule has 6 nitrogen and oxygen atoms in total. The van der Waals surface area contributed by atoms with Gasteiger partial charge in [-0.05, 0) is 25.0 Å². The zero-order valence-corrected chi connectivity index (χ0v) is 11.9. The molecule has 2 heterocycles. The van der Waals surface area contributed by atoms with E-state index in [0.29, 0.717) is 12.4 Å². The van der Waals surface area contributed by atoms with Crippen molar-refractivity contribution >= 4 is 28.6 Å². The van der Waals surface area contributed by atoms with Crippen molar-refractivity contribution in [3.8, 4) is 0 Å². The number of benzene rings is 1. The first-order chi connectivity index (χ1) is 10.2. The van der Waals surface area contributed by atoms with Gasteiger partial charge in [-0.15, -0.1) is 0 Å². The molecular formula is C15H18N4O2. The van der Waals surface area contributed by atoms with Crippen LogP contribution >= 0.6 is 0 Å². The summed E-state index contributed by atoms with van der Waals surface area (Å²) in [6.07, 6.45) is 1.58. The number of fused-ring (bicyclic) bond motifs is 1. The first kappa shape index (κ1) is 13.6. The fourth-order valence-electron chi connectivity index (χ4n) is 2.75. The molecule has 1 fully saturated rings. The number of anilines is 2. The molecule has 0 bridgehead atoms. The molecule has 3 rings (SSSR count). The molecule has 21 heavy (non-hydrogen) atoms. The number of piperidine rings is 1. The van der Waals surface area contributed by atoms with Gasteiger partial charge in [0, 0.05) is 20.1 Å². The Balaban J connectivity index is 2.00. The van der Waals surface area contributed by atoms with Crippen LogP contribution in [0.2, 0.25) is 0 Å². The van der Waals surface area contributed by atoms with Gasteiger partial charge in [-0.25, -0.2) is 9.97 Å². The average Bonchev–Trinajstić information content (AvgIpc) is 2.53. The first-order valence-corrected chi connectivity index (χ1v) is 7.11. The summed E-state index contributed by atoms with van der Waals surface area (Å²) >= 11 is 0. The maximum absolute atomic E-state index is 11.2. The minimum atomic E-state index is -0.737. The van der Waals surface area contributed by atoms with Crippen LogP contribution < -0.4 is 10.2 Å². The van der Waals surface area contributed by atoms with Crippen molar-refractivity contribution in [1.82, 2.24) is 9.97 Å². The third-order valence-corrected chi connectivity index (χ3v) is 3.86. The molecule has 110 valence electrons. The van der Waals surface area contributed by atoms with E-state index in [4.69, 9.17) is 0 Å². The molecule has 0 aliphatic carbocycles. The van der Waals surface area contributed by atoms with E-state index in [1.54, 1.807) is 7.05 Å². The summed E-state index contributed by atoms with van der Waals surface area (Å²) in [7, 11) is 1.81. The van der Waals surface area contributed by atoms with E-state index in [-0.39, 0.29) is 5.92 Å². The fraction of sp³-hybridized carbons (Fsp3) is 0.400. The molecule has 0 radical (unpaired) electrons. The predicted molar refractivity (Wildman–Crippen MR) is 81.7 cm³/mol. The van der Waals surface area contributed by atoms with Crippen LogP contribution in [0.4, 0.5) is 11.6 Å². The highest BCUT2D eigenvalue weighted by Gasteiger charge is 2.27. The summed E-state index contributed by atoms with van der Waals surface area (Å²) < 4.78 is 0. The predicted octanol–water partition coefficient (Wildman–Crippen LogP) is 1.97. The normalized spacial score (nSPS) is 18.7. The summed E-state index contributed by atoms with van der Waals surface area (Å²) in [5.41, 5.74) is 1.65. The Hall–Kier alpha value is -2.37. The topological polar surface area (TPSA) is 78.4 Å². The molecule has 1 atom stereocenters. The van der Waals surface area contributed by atoms with Crippen molar-refractivity contribution in [2.45, 2.75) is 12.8 Å². The Labute approximate surface area is 122 Å². The highest BCUT2D eigenvalue weighted by Crippen LogP contribution is 2.28. The van der Waals surface area contributed by atoms with Crippen LogP contribution in [0.25, 0.3) is 11.0 Å². The Morgan fingerprint density at radius 1 is 1.33 bits per heavy atom. The zero-order valence-electron chi connectivity index (χ0n) is 11.9. The van der Waals surface area contributed by atoms with Crippen molar-refractivity contribution < 1.29 is 9.90 Å². The summed E-state index contributed by atoms with van der Waals surface area (Å²) in [6, 6.07) is 7.70. The molecule has 2 aromatic rings. The standard InChI is InChI=1S/C15H18N4O2/c1-16-13-14(18-12-7-3-2-6-11(12)17-13)19-8-4-5-10(9-19)15(20)21/h2-3,6-7,10H,4-5,8-9H2,1H3,(H,16,17)(H,20,21)/t10-/m0/s1. The minimum absolute atomic E-state index is 0.336. The van der Waals surface area contributed by atoms with Crippen molar-refractivity contribution in [3.05, 3.63) is 24.3 Å². The van der Waals surface area contributed by atoms with Crippen molar-refractivity contribution in [2.24, 2.45) is 5.92 Å². The van der Waals surface area contributed by atoms with E-state index in [9.17, 15) is 9.90 Å². The second-order valence-electron chi connectivity index (χ2n) is 5.26. The molecule has 1 aromatic heterocycles. The van der Waals surface area contributed by atoms with Gasteiger partial charge in [0.1, 0.15) is 0 Å². The van der Waals surface area contributed by atoms with Gasteiger partial charge in [-0.2, -0.15) is 0 Å². The molecule has 0 spiro atoms. The summed E-state index contributed by atoms with van der Waals surface area (Å²) in [5, 5.41) is 12.3. The molecule has 0 saturated carbocycles. The maximum atomic E-state index is 11.2. The van der Waals surface area contributed by atoms with Gasteiger partial charge in [0.25, 0.3) is 0 Å². The Bertz CT molecular complexity index is 674. The van der Waals surface area contributed by atoms with Crippen LogP contribution in [0.5, 0.6) is 0 Å². The molecule has 6 heteroatoms. The summed E-state index contributed by atoms with van der Waals surface area (Å²) in [4.78, 5) is 22.5. The van der Waals surface area contributed by atoms with Gasteiger partial charge in [0.05, 0.1) is 17.0 Å². The van der Waals surface area contributed by atoms with E-state index in [0.717, 1.165) is 36.2 Å². The molecule has 0 unspecified atom stereocenters. The molecule has 0 amide bonds. The lowest BCUT2D eigenvalue weighted by Gasteiger charge is -2.32. The Morgan fingerprint density at radius 2 is 2.05 bits per heavy atom. The number of aliphatic carboxylic acids is 1. The lowest BCUT2D eigenvalue weighted by atomic mass is 9.98. The van der Waals surface area contributed by atoms with Crippen LogP contribution in [-0.2, 0) is 4.79 Å². The quantitative estimate of drug-likeness (QED) is 0.898. The second kappa shape index (κ2) is 5.55. The number of nitrogens with one attached hydrogen (secondary N) is 1. The molecule has 2 N–H and O–H groups in total. The van der Waals surface area contributed by atoms with E-state index in [2.05, 4.69) is 15.3 Å². The van der Waals surface area contributed by atoms with E-state index in [1.165, 1.54) is 0 Å². The third-order valence-electron chi connectivity index (χ3n) is 3.86. The van der Waals surface area contributed by atoms with Crippen LogP contribution in [0.15, 0.2) is 24.3 Å². The number of para-hydroxylation sites is 2. The van der Waals surface area contributed by atoms with Crippen LogP contribution in [0.1, 0.15) is 12.8 Å². The number of carboxylic acids is 1. The number of hydrogen-bond donors (Lipinski definition) is 2. The number of hydrogen-bond acceptors (Lipinski definition) is 5. The van der Waals surface area contributed by atoms with Gasteiger partial charge in [0.2, 0.25) is 0 Å². The average molecular weight is 286 g/mol. The highest BCUT2D eigenvalue weighted by molar-refractivity contribution is 5.81. The van der Waals surface area contributed by atoms with Crippen molar-refractivity contribution in [3.63, 3.8) is 0 Å². The van der Waals surface area contributed by atoms with Gasteiger partial charge in [-0.3, -0.25) is 4.79 Å². The van der Waals surface area contributed by atoms with Crippen molar-refractivity contribution in [2.75, 3.05) is 30.4 Å². The zero-order chi connectivity index (χ0) is 14.8. The Morgan fingerprint density at radius 3 is 2.71 bits per heavy atom. The lowest BCUT2D eigenvalue weighted by Crippen LogP contribution is -2.39. The van der Waals surface area contributed by atoms with E-state index in [1.807, 2.05) is 29.2 Å². The maximum Gasteiger partial charge on any atom is 0.308 e. The Kier molecular flexibility index (Phi) is 3.60. The number of carbonyl (C=O) groups is 1. The van der Waals surface area contributed by atoms with E-state index >= 15 is 0 Å². The van der Waals surface area contributed by atoms with Gasteiger partial charge in [0.15, 0.2) is 11.6 Å². The van der Waals surface area contributed by atoms with Crippen LogP contribution in [0.3, 0.4) is 0 Å². The molecular weight excluding hydrogens is 268 g/mol. The molecule has 1 aliphatic rings. The smallest absolute Gasteiger partial charge is 0.308 e. The van der Waals surface area contributed by atoms with Crippen LogP contribution in [-0.4, -0.2) is 41.2 Å². The number of carboxylic acid groups (broad SMARTS) is 1. The van der Waals surface area contributed by atoms with E-state index < -0.39 is 5.97 Å².